The summed E-state index contributed by atoms with van der Waals surface area (Å²) >= 11 is 0. The molecule has 17 heavy (non-hydrogen) atoms. The van der Waals surface area contributed by atoms with E-state index in [2.05, 4.69) is 0 Å². The van der Waals surface area contributed by atoms with E-state index in [4.69, 9.17) is 10.3 Å². The normalized spacial score (nSPS) is 9.94. The summed E-state index contributed by atoms with van der Waals surface area (Å²) in [6.45, 7) is 0. The zero-order valence-electron chi connectivity index (χ0n) is 9.13. The summed E-state index contributed by atoms with van der Waals surface area (Å²) in [6.07, 6.45) is 0. The van der Waals surface area contributed by atoms with Gasteiger partial charge in [-0.25, -0.2) is 0 Å². The Morgan fingerprint density at radius 3 is 2.12 bits per heavy atom. The van der Waals surface area contributed by atoms with Gasteiger partial charge in [-0.2, -0.15) is 8.42 Å². The number of hydrogen-bond acceptors (Lipinski definition) is 6. The van der Waals surface area contributed by atoms with Crippen LogP contribution >= 0.6 is 0 Å². The summed E-state index contributed by atoms with van der Waals surface area (Å²) in [5.41, 5.74) is 3.30. The molecule has 0 unspecified atom stereocenters. The summed E-state index contributed by atoms with van der Waals surface area (Å²) < 4.78 is 30.0. The van der Waals surface area contributed by atoms with Crippen molar-refractivity contribution >= 4 is 21.8 Å². The number of carboxylic acids is 1. The number of nitrogen functional groups attached to an aromatic ring is 1. The topological polar surface area (TPSA) is 144 Å². The first-order valence-electron chi connectivity index (χ1n) is 3.53. The Morgan fingerprint density at radius 1 is 1.29 bits per heavy atom. The Morgan fingerprint density at radius 2 is 1.76 bits per heavy atom. The Bertz CT molecular complexity index is 529. The van der Waals surface area contributed by atoms with Crippen LogP contribution in [0.2, 0.25) is 0 Å². The van der Waals surface area contributed by atoms with Crippen molar-refractivity contribution < 1.29 is 65.7 Å². The van der Waals surface area contributed by atoms with Crippen molar-refractivity contribution in [2.24, 2.45) is 0 Å². The first-order chi connectivity index (χ1) is 6.75. The van der Waals surface area contributed by atoms with E-state index in [1.165, 1.54) is 0 Å². The second kappa shape index (κ2) is 6.36. The zero-order valence-corrected chi connectivity index (χ0v) is 9.95. The van der Waals surface area contributed by atoms with Gasteiger partial charge in [0.2, 0.25) is 0 Å². The van der Waals surface area contributed by atoms with Crippen molar-refractivity contribution in [3.8, 4) is 5.75 Å². The van der Waals surface area contributed by atoms with Gasteiger partial charge < -0.3 is 20.7 Å². The molecular weight excluding hydrogens is 240 g/mol. The van der Waals surface area contributed by atoms with E-state index in [-0.39, 0.29) is 37.7 Å². The van der Waals surface area contributed by atoms with Crippen molar-refractivity contribution in [2.45, 2.75) is 4.90 Å². The molecule has 0 aliphatic rings. The van der Waals surface area contributed by atoms with E-state index in [9.17, 15) is 23.4 Å². The number of rotatable bonds is 2. The minimum absolute atomic E-state index is 0. The van der Waals surface area contributed by atoms with E-state index < -0.39 is 38.0 Å². The van der Waals surface area contributed by atoms with Crippen LogP contribution in [-0.4, -0.2) is 18.9 Å². The third-order valence-electron chi connectivity index (χ3n) is 1.65. The van der Waals surface area contributed by atoms with Crippen LogP contribution < -0.4 is 53.7 Å². The Kier molecular flexibility index (Phi) is 7.02. The molecule has 82 valence electrons. The van der Waals surface area contributed by atoms with Crippen LogP contribution in [0, 0.1) is 0 Å². The van der Waals surface area contributed by atoms with Gasteiger partial charge in [-0.1, -0.05) is 11.8 Å². The SMILES string of the molecule is Nc1c(S(=O)(=O)O)ccc([O-])c1C(=O)[O-].[Li+].[Li+]. The van der Waals surface area contributed by atoms with Crippen LogP contribution in [0.15, 0.2) is 17.0 Å². The van der Waals surface area contributed by atoms with E-state index >= 15 is 0 Å². The largest absolute Gasteiger partial charge is 1.00 e. The van der Waals surface area contributed by atoms with Gasteiger partial charge in [-0.05, 0) is 6.07 Å². The van der Waals surface area contributed by atoms with Crippen LogP contribution in [-0.2, 0) is 10.1 Å². The van der Waals surface area contributed by atoms with Crippen LogP contribution in [0.5, 0.6) is 5.75 Å². The summed E-state index contributed by atoms with van der Waals surface area (Å²) in [6, 6.07) is 1.39. The van der Waals surface area contributed by atoms with Crippen LogP contribution in [0.3, 0.4) is 0 Å². The molecule has 0 fully saturated rings. The average Bonchev–Trinajstić information content (AvgIpc) is 2.00. The van der Waals surface area contributed by atoms with Crippen molar-refractivity contribution in [2.75, 3.05) is 5.73 Å². The number of anilines is 1. The molecular formula is C7H5Li2NO6S. The predicted molar refractivity (Wildman–Crippen MR) is 44.4 cm³/mol. The summed E-state index contributed by atoms with van der Waals surface area (Å²) in [4.78, 5) is 9.62. The second-order valence-electron chi connectivity index (χ2n) is 2.61. The molecule has 7 nitrogen and oxygen atoms in total. The van der Waals surface area contributed by atoms with Gasteiger partial charge in [0.25, 0.3) is 10.1 Å². The number of aromatic carboxylic acids is 1. The molecule has 0 bridgehead atoms. The summed E-state index contributed by atoms with van der Waals surface area (Å²) in [5.74, 6) is -2.89. The maximum atomic E-state index is 11.0. The number of carbonyl (C=O) groups is 1. The molecule has 0 aliphatic heterocycles. The van der Waals surface area contributed by atoms with Gasteiger partial charge >= 0.3 is 37.7 Å². The molecule has 0 spiro atoms. The number of nitrogens with two attached hydrogens (primary N) is 1. The molecule has 1 aromatic carbocycles. The van der Waals surface area contributed by atoms with Gasteiger partial charge in [0.15, 0.2) is 0 Å². The van der Waals surface area contributed by atoms with Crippen molar-refractivity contribution in [3.63, 3.8) is 0 Å². The predicted octanol–water partition coefficient (Wildman–Crippen LogP) is -8.04. The molecule has 1 rings (SSSR count). The molecule has 1 aromatic rings. The molecule has 0 aliphatic carbocycles. The quantitative estimate of drug-likeness (QED) is 0.299. The maximum absolute atomic E-state index is 11.0. The molecule has 0 heterocycles. The van der Waals surface area contributed by atoms with Gasteiger partial charge in [0.05, 0.1) is 11.7 Å². The van der Waals surface area contributed by atoms with Crippen molar-refractivity contribution in [3.05, 3.63) is 17.7 Å². The van der Waals surface area contributed by atoms with Crippen LogP contribution in [0.4, 0.5) is 5.69 Å². The van der Waals surface area contributed by atoms with Crippen LogP contribution in [0.25, 0.3) is 0 Å². The molecule has 0 amide bonds. The fraction of sp³-hybridized carbons (Fsp3) is 0. The first kappa shape index (κ1) is 18.8. The number of hydrogen-bond donors (Lipinski definition) is 2. The Hall–Kier alpha value is -0.605. The number of benzene rings is 1. The van der Waals surface area contributed by atoms with Crippen molar-refractivity contribution in [1.29, 1.82) is 0 Å². The van der Waals surface area contributed by atoms with Crippen LogP contribution in [0.1, 0.15) is 10.4 Å². The van der Waals surface area contributed by atoms with Crippen molar-refractivity contribution in [1.82, 2.24) is 0 Å². The molecule has 3 N–H and O–H groups in total. The molecule has 10 heteroatoms. The van der Waals surface area contributed by atoms with Gasteiger partial charge in [-0.3, -0.25) is 4.55 Å². The third kappa shape index (κ3) is 3.96. The molecule has 0 saturated heterocycles. The monoisotopic (exact) mass is 245 g/mol. The van der Waals surface area contributed by atoms with Gasteiger partial charge in [0.1, 0.15) is 4.90 Å². The summed E-state index contributed by atoms with van der Waals surface area (Å²) in [7, 11) is -4.66. The average molecular weight is 245 g/mol. The van der Waals surface area contributed by atoms with E-state index in [1.54, 1.807) is 0 Å². The fourth-order valence-corrected chi connectivity index (χ4v) is 1.64. The third-order valence-corrected chi connectivity index (χ3v) is 2.56. The minimum Gasteiger partial charge on any atom is -0.872 e. The van der Waals surface area contributed by atoms with E-state index in [0.717, 1.165) is 6.07 Å². The molecule has 0 saturated carbocycles. The van der Waals surface area contributed by atoms with E-state index in [0.29, 0.717) is 6.07 Å². The van der Waals surface area contributed by atoms with Gasteiger partial charge in [-0.15, -0.1) is 0 Å². The molecule has 0 atom stereocenters. The summed E-state index contributed by atoms with van der Waals surface area (Å²) in [5, 5.41) is 21.4. The standard InChI is InChI=1S/C7H7NO6S.2Li/c8-6-4(15(12,13)14)2-1-3(9)5(6)7(10)11;;/h1-2,9H,8H2,(H,10,11)(H,12,13,14);;/q;2*+1/p-2. The molecule has 0 radical (unpaired) electrons. The smallest absolute Gasteiger partial charge is 0.872 e. The maximum Gasteiger partial charge on any atom is 1.00 e. The molecule has 0 aromatic heterocycles. The van der Waals surface area contributed by atoms with E-state index in [1.807, 2.05) is 0 Å². The fourth-order valence-electron chi connectivity index (χ4n) is 1.02. The number of carbonyl (C=O) groups excluding carboxylic acids is 1. The second-order valence-corrected chi connectivity index (χ2v) is 4.00. The number of carboxylic acid groups (broad SMARTS) is 1. The zero-order chi connectivity index (χ0) is 11.8. The Labute approximate surface area is 121 Å². The minimum atomic E-state index is -4.66. The Balaban J connectivity index is 0. The van der Waals surface area contributed by atoms with Gasteiger partial charge in [0, 0.05) is 5.56 Å². The first-order valence-corrected chi connectivity index (χ1v) is 4.97.